The maximum Gasteiger partial charge on any atom is 0.0223 e. The van der Waals surface area contributed by atoms with Gasteiger partial charge in [-0.05, 0) is 44.7 Å². The number of rotatable bonds is 4. The van der Waals surface area contributed by atoms with Gasteiger partial charge in [-0.2, -0.15) is 0 Å². The van der Waals surface area contributed by atoms with Crippen LogP contribution in [0.5, 0.6) is 0 Å². The van der Waals surface area contributed by atoms with E-state index in [1.807, 2.05) is 0 Å². The number of hydrogen-bond acceptors (Lipinski definition) is 1. The summed E-state index contributed by atoms with van der Waals surface area (Å²) in [6.45, 7) is 2.47. The van der Waals surface area contributed by atoms with Crippen molar-refractivity contribution in [3.05, 3.63) is 0 Å². The van der Waals surface area contributed by atoms with E-state index in [9.17, 15) is 0 Å². The molecule has 1 aliphatic heterocycles. The van der Waals surface area contributed by atoms with E-state index in [4.69, 9.17) is 11.6 Å². The average Bonchev–Trinajstić information content (AvgIpc) is 2.07. The van der Waals surface area contributed by atoms with E-state index < -0.39 is 0 Å². The highest BCUT2D eigenvalue weighted by Gasteiger charge is 2.11. The molecule has 0 saturated carbocycles. The van der Waals surface area contributed by atoms with Crippen LogP contribution < -0.4 is 5.32 Å². The highest BCUT2D eigenvalue weighted by Crippen LogP contribution is 2.16. The minimum absolute atomic E-state index is 0. The van der Waals surface area contributed by atoms with Crippen LogP contribution in [0.1, 0.15) is 32.1 Å². The molecular formula is C9H19Cl2N. The zero-order valence-corrected chi connectivity index (χ0v) is 9.09. The van der Waals surface area contributed by atoms with Crippen molar-refractivity contribution in [2.75, 3.05) is 19.0 Å². The summed E-state index contributed by atoms with van der Waals surface area (Å²) in [7, 11) is 0. The second kappa shape index (κ2) is 8.15. The van der Waals surface area contributed by atoms with Gasteiger partial charge in [-0.1, -0.05) is 6.42 Å². The molecule has 0 spiro atoms. The Morgan fingerprint density at radius 1 is 1.33 bits per heavy atom. The summed E-state index contributed by atoms with van der Waals surface area (Å²) in [6.07, 6.45) is 6.68. The topological polar surface area (TPSA) is 12.0 Å². The van der Waals surface area contributed by atoms with Gasteiger partial charge in [0.1, 0.15) is 0 Å². The van der Waals surface area contributed by atoms with E-state index in [2.05, 4.69) is 5.32 Å². The maximum absolute atomic E-state index is 5.60. The van der Waals surface area contributed by atoms with Crippen molar-refractivity contribution < 1.29 is 0 Å². The fourth-order valence-corrected chi connectivity index (χ4v) is 1.89. The number of halogens is 2. The van der Waals surface area contributed by atoms with E-state index >= 15 is 0 Å². The molecule has 0 radical (unpaired) electrons. The van der Waals surface area contributed by atoms with Crippen LogP contribution in [-0.4, -0.2) is 19.0 Å². The second-order valence-corrected chi connectivity index (χ2v) is 3.78. The molecule has 1 fully saturated rings. The Kier molecular flexibility index (Phi) is 8.52. The summed E-state index contributed by atoms with van der Waals surface area (Å²) in [5.41, 5.74) is 0. The van der Waals surface area contributed by atoms with Crippen molar-refractivity contribution in [1.29, 1.82) is 0 Å². The standard InChI is InChI=1S/C9H18ClN.ClH/c10-6-2-1-4-9-5-3-7-11-8-9;/h9,11H,1-8H2;1H/t9-;/m0./s1. The summed E-state index contributed by atoms with van der Waals surface area (Å²) < 4.78 is 0. The molecule has 1 saturated heterocycles. The minimum atomic E-state index is 0. The summed E-state index contributed by atoms with van der Waals surface area (Å²) in [5, 5.41) is 3.43. The molecule has 1 nitrogen and oxygen atoms in total. The molecule has 1 heterocycles. The molecule has 0 unspecified atom stereocenters. The predicted molar refractivity (Wildman–Crippen MR) is 57.4 cm³/mol. The van der Waals surface area contributed by atoms with Gasteiger partial charge in [-0.25, -0.2) is 0 Å². The molecule has 0 aliphatic carbocycles. The van der Waals surface area contributed by atoms with Crippen LogP contribution in [0.15, 0.2) is 0 Å². The molecule has 0 aromatic rings. The van der Waals surface area contributed by atoms with Crippen LogP contribution in [0.25, 0.3) is 0 Å². The lowest BCUT2D eigenvalue weighted by Gasteiger charge is -2.22. The molecule has 1 atom stereocenters. The Labute approximate surface area is 86.7 Å². The Morgan fingerprint density at radius 2 is 2.17 bits per heavy atom. The third-order valence-electron chi connectivity index (χ3n) is 2.39. The molecule has 0 aromatic heterocycles. The molecule has 12 heavy (non-hydrogen) atoms. The van der Waals surface area contributed by atoms with Crippen LogP contribution in [0.4, 0.5) is 0 Å². The van der Waals surface area contributed by atoms with Crippen molar-refractivity contribution in [2.24, 2.45) is 5.92 Å². The SMILES string of the molecule is Cl.ClCCCC[C@H]1CCCNC1. The third-order valence-corrected chi connectivity index (χ3v) is 2.66. The Bertz CT molecular complexity index is 92.5. The lowest BCUT2D eigenvalue weighted by molar-refractivity contribution is 0.350. The van der Waals surface area contributed by atoms with Crippen molar-refractivity contribution in [3.8, 4) is 0 Å². The molecule has 1 rings (SSSR count). The van der Waals surface area contributed by atoms with Crippen LogP contribution in [0.3, 0.4) is 0 Å². The maximum atomic E-state index is 5.60. The van der Waals surface area contributed by atoms with E-state index in [1.165, 1.54) is 45.2 Å². The molecule has 1 N–H and O–H groups in total. The first kappa shape index (κ1) is 12.5. The highest BCUT2D eigenvalue weighted by molar-refractivity contribution is 6.17. The molecule has 74 valence electrons. The first-order valence-corrected chi connectivity index (χ1v) is 5.23. The summed E-state index contributed by atoms with van der Waals surface area (Å²) >= 11 is 5.60. The molecular weight excluding hydrogens is 193 g/mol. The van der Waals surface area contributed by atoms with E-state index in [0.29, 0.717) is 0 Å². The van der Waals surface area contributed by atoms with Crippen molar-refractivity contribution >= 4 is 24.0 Å². The zero-order chi connectivity index (χ0) is 7.94. The van der Waals surface area contributed by atoms with Crippen molar-refractivity contribution in [2.45, 2.75) is 32.1 Å². The fraction of sp³-hybridized carbons (Fsp3) is 1.00. The third kappa shape index (κ3) is 5.23. The van der Waals surface area contributed by atoms with E-state index in [-0.39, 0.29) is 12.4 Å². The Balaban J connectivity index is 0.00000121. The largest absolute Gasteiger partial charge is 0.316 e. The molecule has 0 amide bonds. The lowest BCUT2D eigenvalue weighted by atomic mass is 9.94. The second-order valence-electron chi connectivity index (χ2n) is 3.40. The molecule has 3 heteroatoms. The zero-order valence-electron chi connectivity index (χ0n) is 7.52. The molecule has 1 aliphatic rings. The average molecular weight is 212 g/mol. The van der Waals surface area contributed by atoms with Crippen LogP contribution >= 0.6 is 24.0 Å². The first-order valence-electron chi connectivity index (χ1n) is 4.70. The normalized spacial score (nSPS) is 23.2. The Morgan fingerprint density at radius 3 is 2.75 bits per heavy atom. The van der Waals surface area contributed by atoms with Crippen LogP contribution in [0, 0.1) is 5.92 Å². The number of unbranched alkanes of at least 4 members (excludes halogenated alkanes) is 1. The summed E-state index contributed by atoms with van der Waals surface area (Å²) in [5.74, 6) is 1.77. The number of piperidine rings is 1. The smallest absolute Gasteiger partial charge is 0.0223 e. The summed E-state index contributed by atoms with van der Waals surface area (Å²) in [4.78, 5) is 0. The van der Waals surface area contributed by atoms with Gasteiger partial charge in [0, 0.05) is 5.88 Å². The molecule has 0 aromatic carbocycles. The lowest BCUT2D eigenvalue weighted by Crippen LogP contribution is -2.29. The van der Waals surface area contributed by atoms with Gasteiger partial charge in [-0.3, -0.25) is 0 Å². The van der Waals surface area contributed by atoms with Gasteiger partial charge in [0.25, 0.3) is 0 Å². The van der Waals surface area contributed by atoms with E-state index in [0.717, 1.165) is 11.8 Å². The van der Waals surface area contributed by atoms with Crippen molar-refractivity contribution in [3.63, 3.8) is 0 Å². The molecule has 0 bridgehead atoms. The number of hydrogen-bond donors (Lipinski definition) is 1. The Hall–Kier alpha value is 0.540. The highest BCUT2D eigenvalue weighted by atomic mass is 35.5. The van der Waals surface area contributed by atoms with E-state index in [1.54, 1.807) is 0 Å². The van der Waals surface area contributed by atoms with Crippen LogP contribution in [0.2, 0.25) is 0 Å². The van der Waals surface area contributed by atoms with Gasteiger partial charge in [-0.15, -0.1) is 24.0 Å². The number of nitrogens with one attached hydrogen (secondary N) is 1. The fourth-order valence-electron chi connectivity index (χ4n) is 1.70. The predicted octanol–water partition coefficient (Wildman–Crippen LogP) is 2.82. The van der Waals surface area contributed by atoms with Crippen molar-refractivity contribution in [1.82, 2.24) is 5.32 Å². The summed E-state index contributed by atoms with van der Waals surface area (Å²) in [6, 6.07) is 0. The van der Waals surface area contributed by atoms with Crippen LogP contribution in [-0.2, 0) is 0 Å². The van der Waals surface area contributed by atoms with Gasteiger partial charge < -0.3 is 5.32 Å². The minimum Gasteiger partial charge on any atom is -0.316 e. The van der Waals surface area contributed by atoms with Gasteiger partial charge >= 0.3 is 0 Å². The monoisotopic (exact) mass is 211 g/mol. The van der Waals surface area contributed by atoms with Gasteiger partial charge in [0.2, 0.25) is 0 Å². The number of alkyl halides is 1. The van der Waals surface area contributed by atoms with Gasteiger partial charge in [0.15, 0.2) is 0 Å². The van der Waals surface area contributed by atoms with Gasteiger partial charge in [0.05, 0.1) is 0 Å². The quantitative estimate of drug-likeness (QED) is 0.558. The first-order chi connectivity index (χ1) is 5.43.